The Labute approximate surface area is 127 Å². The summed E-state index contributed by atoms with van der Waals surface area (Å²) in [4.78, 5) is 14.1. The highest BCUT2D eigenvalue weighted by atomic mass is 35.5. The Morgan fingerprint density at radius 1 is 1.24 bits per heavy atom. The molecule has 1 aromatic carbocycles. The molecule has 0 aromatic heterocycles. The normalized spacial score (nSPS) is 28.1. The van der Waals surface area contributed by atoms with Crippen LogP contribution in [0.3, 0.4) is 0 Å². The molecule has 0 bridgehead atoms. The highest BCUT2D eigenvalue weighted by Crippen LogP contribution is 2.45. The number of halogens is 1. The summed E-state index contributed by atoms with van der Waals surface area (Å²) in [6.45, 7) is 1.01. The van der Waals surface area contributed by atoms with Gasteiger partial charge >= 0.3 is 0 Å². The van der Waals surface area contributed by atoms with Crippen molar-refractivity contribution in [2.45, 2.75) is 37.4 Å². The van der Waals surface area contributed by atoms with Gasteiger partial charge in [0.05, 0.1) is 11.1 Å². The van der Waals surface area contributed by atoms with Crippen molar-refractivity contribution in [1.82, 2.24) is 4.90 Å². The van der Waals surface area contributed by atoms with Gasteiger partial charge in [0, 0.05) is 18.5 Å². The van der Waals surface area contributed by atoms with Crippen molar-refractivity contribution in [2.75, 3.05) is 13.2 Å². The summed E-state index contributed by atoms with van der Waals surface area (Å²) in [7, 11) is 0. The number of hydrogen-bond acceptors (Lipinski definition) is 4. The predicted molar refractivity (Wildman–Crippen MR) is 77.6 cm³/mol. The second-order valence-electron chi connectivity index (χ2n) is 5.87. The highest BCUT2D eigenvalue weighted by molar-refractivity contribution is 6.32. The summed E-state index contributed by atoms with van der Waals surface area (Å²) >= 11 is 6.30. The van der Waals surface area contributed by atoms with Crippen LogP contribution in [-0.2, 0) is 4.79 Å². The molecule has 0 radical (unpaired) electrons. The molecule has 1 saturated carbocycles. The van der Waals surface area contributed by atoms with Crippen LogP contribution < -0.4 is 15.2 Å². The standard InChI is InChI=1S/C15H17ClN2O3/c16-10-5-8(6-12-15(10)21-4-3-20-12)14-11(17)7-13(19)18(14)9-1-2-9/h5-6,9,11,14H,1-4,7,17H2. The van der Waals surface area contributed by atoms with Crippen molar-refractivity contribution >= 4 is 17.5 Å². The van der Waals surface area contributed by atoms with E-state index in [-0.39, 0.29) is 18.0 Å². The Kier molecular flexibility index (Phi) is 3.01. The summed E-state index contributed by atoms with van der Waals surface area (Å²) < 4.78 is 11.2. The Balaban J connectivity index is 1.74. The van der Waals surface area contributed by atoms with E-state index in [2.05, 4.69) is 0 Å². The summed E-state index contributed by atoms with van der Waals surface area (Å²) in [5.74, 6) is 1.37. The molecular formula is C15H17ClN2O3. The lowest BCUT2D eigenvalue weighted by atomic mass is 10.00. The third-order valence-electron chi connectivity index (χ3n) is 4.30. The molecule has 4 rings (SSSR count). The van der Waals surface area contributed by atoms with Gasteiger partial charge in [-0.15, -0.1) is 0 Å². The molecule has 1 aromatic rings. The SMILES string of the molecule is NC1CC(=O)N(C2CC2)C1c1cc(Cl)c2c(c1)OCCO2. The van der Waals surface area contributed by atoms with Gasteiger partial charge in [0.15, 0.2) is 11.5 Å². The number of carbonyl (C=O) groups is 1. The Morgan fingerprint density at radius 3 is 2.76 bits per heavy atom. The molecule has 1 saturated heterocycles. The van der Waals surface area contributed by atoms with Crippen LogP contribution in [0.4, 0.5) is 0 Å². The molecule has 1 aliphatic carbocycles. The number of benzene rings is 1. The Hall–Kier alpha value is -1.46. The van der Waals surface area contributed by atoms with Gasteiger partial charge in [0.2, 0.25) is 5.91 Å². The van der Waals surface area contributed by atoms with Crippen LogP contribution in [0.25, 0.3) is 0 Å². The lowest BCUT2D eigenvalue weighted by molar-refractivity contribution is -0.129. The first-order chi connectivity index (χ1) is 10.1. The van der Waals surface area contributed by atoms with Crippen LogP contribution in [-0.4, -0.2) is 36.1 Å². The van der Waals surface area contributed by atoms with Crippen LogP contribution in [0.15, 0.2) is 12.1 Å². The van der Waals surface area contributed by atoms with E-state index in [9.17, 15) is 4.79 Å². The monoisotopic (exact) mass is 308 g/mol. The van der Waals surface area contributed by atoms with Crippen molar-refractivity contribution in [2.24, 2.45) is 5.73 Å². The van der Waals surface area contributed by atoms with Crippen molar-refractivity contribution in [3.8, 4) is 11.5 Å². The average molecular weight is 309 g/mol. The van der Waals surface area contributed by atoms with Gasteiger partial charge in [0.25, 0.3) is 0 Å². The molecule has 2 unspecified atom stereocenters. The number of rotatable bonds is 2. The molecule has 2 aliphatic heterocycles. The third kappa shape index (κ3) is 2.15. The zero-order valence-corrected chi connectivity index (χ0v) is 12.3. The molecule has 2 N–H and O–H groups in total. The number of likely N-dealkylation sites (tertiary alicyclic amines) is 1. The molecular weight excluding hydrogens is 292 g/mol. The summed E-state index contributed by atoms with van der Waals surface area (Å²) in [6, 6.07) is 3.80. The van der Waals surface area contributed by atoms with Gasteiger partial charge in [0.1, 0.15) is 13.2 Å². The van der Waals surface area contributed by atoms with Crippen molar-refractivity contribution in [1.29, 1.82) is 0 Å². The lowest BCUT2D eigenvalue weighted by Gasteiger charge is -2.29. The quantitative estimate of drug-likeness (QED) is 0.906. The number of hydrogen-bond donors (Lipinski definition) is 1. The number of ether oxygens (including phenoxy) is 2. The third-order valence-corrected chi connectivity index (χ3v) is 4.59. The fourth-order valence-electron chi connectivity index (χ4n) is 3.27. The number of nitrogens with two attached hydrogens (primary N) is 1. The number of amides is 1. The minimum Gasteiger partial charge on any atom is -0.486 e. The second kappa shape index (κ2) is 4.78. The van der Waals surface area contributed by atoms with E-state index in [0.29, 0.717) is 42.2 Å². The molecule has 2 atom stereocenters. The number of carbonyl (C=O) groups excluding carboxylic acids is 1. The largest absolute Gasteiger partial charge is 0.486 e. The summed E-state index contributed by atoms with van der Waals surface area (Å²) in [5, 5.41) is 0.518. The Bertz CT molecular complexity index is 603. The average Bonchev–Trinajstić information content (AvgIpc) is 3.24. The fraction of sp³-hybridized carbons (Fsp3) is 0.533. The maximum absolute atomic E-state index is 12.2. The molecule has 2 fully saturated rings. The maximum Gasteiger partial charge on any atom is 0.225 e. The molecule has 112 valence electrons. The molecule has 6 heteroatoms. The van der Waals surface area contributed by atoms with E-state index < -0.39 is 0 Å². The van der Waals surface area contributed by atoms with Crippen molar-refractivity contribution in [3.63, 3.8) is 0 Å². The van der Waals surface area contributed by atoms with E-state index >= 15 is 0 Å². The minimum atomic E-state index is -0.197. The summed E-state index contributed by atoms with van der Waals surface area (Å²) in [6.07, 6.45) is 2.52. The minimum absolute atomic E-state index is 0.113. The van der Waals surface area contributed by atoms with E-state index in [0.717, 1.165) is 18.4 Å². The molecule has 0 spiro atoms. The van der Waals surface area contributed by atoms with E-state index in [1.54, 1.807) is 0 Å². The van der Waals surface area contributed by atoms with E-state index in [1.165, 1.54) is 0 Å². The van der Waals surface area contributed by atoms with Gasteiger partial charge in [-0.2, -0.15) is 0 Å². The molecule has 2 heterocycles. The molecule has 21 heavy (non-hydrogen) atoms. The van der Waals surface area contributed by atoms with Gasteiger partial charge < -0.3 is 20.1 Å². The van der Waals surface area contributed by atoms with Crippen LogP contribution in [0.1, 0.15) is 30.9 Å². The van der Waals surface area contributed by atoms with Crippen LogP contribution in [0.5, 0.6) is 11.5 Å². The van der Waals surface area contributed by atoms with Gasteiger partial charge in [-0.05, 0) is 30.5 Å². The first-order valence-electron chi connectivity index (χ1n) is 7.31. The highest BCUT2D eigenvalue weighted by Gasteiger charge is 2.46. The first kappa shape index (κ1) is 13.2. The van der Waals surface area contributed by atoms with Crippen molar-refractivity contribution in [3.05, 3.63) is 22.7 Å². The second-order valence-corrected chi connectivity index (χ2v) is 6.28. The topological polar surface area (TPSA) is 64.8 Å². The van der Waals surface area contributed by atoms with Crippen molar-refractivity contribution < 1.29 is 14.3 Å². The lowest BCUT2D eigenvalue weighted by Crippen LogP contribution is -2.34. The van der Waals surface area contributed by atoms with Gasteiger partial charge in [-0.1, -0.05) is 11.6 Å². The molecule has 3 aliphatic rings. The maximum atomic E-state index is 12.2. The zero-order valence-electron chi connectivity index (χ0n) is 11.5. The first-order valence-corrected chi connectivity index (χ1v) is 7.69. The van der Waals surface area contributed by atoms with Crippen LogP contribution in [0.2, 0.25) is 5.02 Å². The van der Waals surface area contributed by atoms with E-state index in [1.807, 2.05) is 17.0 Å². The number of fused-ring (bicyclic) bond motifs is 1. The fourth-order valence-corrected chi connectivity index (χ4v) is 3.55. The smallest absolute Gasteiger partial charge is 0.225 e. The number of nitrogens with zero attached hydrogens (tertiary/aromatic N) is 1. The molecule has 5 nitrogen and oxygen atoms in total. The van der Waals surface area contributed by atoms with Gasteiger partial charge in [-0.25, -0.2) is 0 Å². The van der Waals surface area contributed by atoms with Crippen LogP contribution in [0, 0.1) is 0 Å². The zero-order chi connectivity index (χ0) is 14.6. The van der Waals surface area contributed by atoms with Crippen LogP contribution >= 0.6 is 11.6 Å². The Morgan fingerprint density at radius 2 is 2.00 bits per heavy atom. The predicted octanol–water partition coefficient (Wildman–Crippen LogP) is 1.87. The van der Waals surface area contributed by atoms with Gasteiger partial charge in [-0.3, -0.25) is 4.79 Å². The summed E-state index contributed by atoms with van der Waals surface area (Å²) in [5.41, 5.74) is 7.15. The van der Waals surface area contributed by atoms with E-state index in [4.69, 9.17) is 26.8 Å². The molecule has 1 amide bonds.